The van der Waals surface area contributed by atoms with Gasteiger partial charge in [0.25, 0.3) is 0 Å². The Morgan fingerprint density at radius 2 is 1.83 bits per heavy atom. The van der Waals surface area contributed by atoms with Gasteiger partial charge in [-0.1, -0.05) is 48.0 Å². The van der Waals surface area contributed by atoms with Crippen LogP contribution in [0.2, 0.25) is 0 Å². The second kappa shape index (κ2) is 8.30. The van der Waals surface area contributed by atoms with Gasteiger partial charge in [0.2, 0.25) is 0 Å². The maximum atomic E-state index is 11.5. The molecule has 0 heterocycles. The Labute approximate surface area is 119 Å². The molecule has 100 valence electrons. The average molecular weight is 312 g/mol. The van der Waals surface area contributed by atoms with Crippen LogP contribution >= 0.6 is 15.9 Å². The fourth-order valence-corrected chi connectivity index (χ4v) is 2.46. The lowest BCUT2D eigenvalue weighted by molar-refractivity contribution is -0.116. The van der Waals surface area contributed by atoms with Crippen molar-refractivity contribution >= 4 is 27.4 Å². The monoisotopic (exact) mass is 311 g/mol. The molecule has 0 aliphatic rings. The van der Waals surface area contributed by atoms with Crippen molar-refractivity contribution < 1.29 is 4.79 Å². The highest BCUT2D eigenvalue weighted by atomic mass is 79.9. The van der Waals surface area contributed by atoms with E-state index in [2.05, 4.69) is 58.9 Å². The molecular formula is C15H22BrNO. The van der Waals surface area contributed by atoms with Crippen molar-refractivity contribution in [2.45, 2.75) is 39.2 Å². The molecule has 2 nitrogen and oxygen atoms in total. The minimum Gasteiger partial charge on any atom is -0.368 e. The Hall–Kier alpha value is -0.830. The SMILES string of the molecule is CCC(CC)N(CCC(=O)CBr)c1ccccc1. The number of Topliss-reactive ketones (excluding diaryl/α,β-unsaturated/α-hetero) is 1. The fraction of sp³-hybridized carbons (Fsp3) is 0.533. The predicted molar refractivity (Wildman–Crippen MR) is 81.6 cm³/mol. The second-order valence-electron chi connectivity index (χ2n) is 4.42. The number of para-hydroxylation sites is 1. The third-order valence-corrected chi connectivity index (χ3v) is 3.88. The molecule has 0 aromatic heterocycles. The van der Waals surface area contributed by atoms with Crippen LogP contribution in [-0.2, 0) is 4.79 Å². The highest BCUT2D eigenvalue weighted by Gasteiger charge is 2.16. The highest BCUT2D eigenvalue weighted by molar-refractivity contribution is 9.09. The van der Waals surface area contributed by atoms with E-state index in [-0.39, 0.29) is 5.78 Å². The first-order valence-corrected chi connectivity index (χ1v) is 7.74. The van der Waals surface area contributed by atoms with Crippen molar-refractivity contribution in [3.63, 3.8) is 0 Å². The van der Waals surface area contributed by atoms with Crippen molar-refractivity contribution in [2.24, 2.45) is 0 Å². The number of rotatable bonds is 8. The molecule has 0 spiro atoms. The van der Waals surface area contributed by atoms with Crippen LogP contribution in [0.25, 0.3) is 0 Å². The summed E-state index contributed by atoms with van der Waals surface area (Å²) in [5.41, 5.74) is 1.22. The van der Waals surface area contributed by atoms with Gasteiger partial charge in [-0.05, 0) is 25.0 Å². The van der Waals surface area contributed by atoms with Crippen LogP contribution in [0, 0.1) is 0 Å². The maximum absolute atomic E-state index is 11.5. The zero-order valence-electron chi connectivity index (χ0n) is 11.2. The molecule has 1 aromatic rings. The Balaban J connectivity index is 2.78. The van der Waals surface area contributed by atoms with Crippen LogP contribution in [0.4, 0.5) is 5.69 Å². The Bertz CT molecular complexity index is 349. The van der Waals surface area contributed by atoms with Crippen molar-refractivity contribution in [3.8, 4) is 0 Å². The van der Waals surface area contributed by atoms with E-state index in [1.54, 1.807) is 0 Å². The van der Waals surface area contributed by atoms with E-state index >= 15 is 0 Å². The quantitative estimate of drug-likeness (QED) is 0.675. The van der Waals surface area contributed by atoms with Gasteiger partial charge in [0.15, 0.2) is 0 Å². The number of nitrogens with zero attached hydrogens (tertiary/aromatic N) is 1. The van der Waals surface area contributed by atoms with Gasteiger partial charge in [-0.25, -0.2) is 0 Å². The van der Waals surface area contributed by atoms with E-state index < -0.39 is 0 Å². The molecule has 0 aliphatic carbocycles. The van der Waals surface area contributed by atoms with Gasteiger partial charge in [-0.15, -0.1) is 0 Å². The van der Waals surface area contributed by atoms with Crippen LogP contribution < -0.4 is 4.90 Å². The molecule has 3 heteroatoms. The lowest BCUT2D eigenvalue weighted by Gasteiger charge is -2.32. The minimum atomic E-state index is 0.266. The third-order valence-electron chi connectivity index (χ3n) is 3.25. The summed E-state index contributed by atoms with van der Waals surface area (Å²) in [5.74, 6) is 0.266. The third kappa shape index (κ3) is 4.45. The Morgan fingerprint density at radius 1 is 1.22 bits per heavy atom. The number of hydrogen-bond donors (Lipinski definition) is 0. The van der Waals surface area contributed by atoms with Crippen LogP contribution in [0.5, 0.6) is 0 Å². The zero-order chi connectivity index (χ0) is 13.4. The summed E-state index contributed by atoms with van der Waals surface area (Å²) in [4.78, 5) is 13.8. The van der Waals surface area contributed by atoms with Gasteiger partial charge >= 0.3 is 0 Å². The van der Waals surface area contributed by atoms with Crippen LogP contribution in [0.15, 0.2) is 30.3 Å². The summed E-state index contributed by atoms with van der Waals surface area (Å²) in [6.07, 6.45) is 2.82. The zero-order valence-corrected chi connectivity index (χ0v) is 12.8. The molecule has 0 saturated carbocycles. The minimum absolute atomic E-state index is 0.266. The van der Waals surface area contributed by atoms with Crippen LogP contribution in [0.3, 0.4) is 0 Å². The predicted octanol–water partition coefficient (Wildman–Crippen LogP) is 4.04. The Kier molecular flexibility index (Phi) is 7.02. The fourth-order valence-electron chi connectivity index (χ4n) is 2.18. The molecule has 1 aromatic carbocycles. The molecule has 0 amide bonds. The molecule has 0 atom stereocenters. The molecule has 0 fully saturated rings. The van der Waals surface area contributed by atoms with Gasteiger partial charge in [0, 0.05) is 24.7 Å². The van der Waals surface area contributed by atoms with Crippen LogP contribution in [0.1, 0.15) is 33.1 Å². The van der Waals surface area contributed by atoms with E-state index in [1.807, 2.05) is 6.07 Å². The molecule has 0 bridgehead atoms. The van der Waals surface area contributed by atoms with Gasteiger partial charge in [0.05, 0.1) is 5.33 Å². The number of ketones is 1. The molecule has 0 radical (unpaired) electrons. The molecule has 0 N–H and O–H groups in total. The van der Waals surface area contributed by atoms with Gasteiger partial charge < -0.3 is 4.90 Å². The number of carbonyl (C=O) groups excluding carboxylic acids is 1. The number of hydrogen-bond acceptors (Lipinski definition) is 2. The van der Waals surface area contributed by atoms with Crippen molar-refractivity contribution in [1.29, 1.82) is 0 Å². The smallest absolute Gasteiger partial charge is 0.145 e. The number of alkyl halides is 1. The van der Waals surface area contributed by atoms with E-state index in [4.69, 9.17) is 0 Å². The normalized spacial score (nSPS) is 10.7. The number of anilines is 1. The molecule has 18 heavy (non-hydrogen) atoms. The standard InChI is InChI=1S/C15H22BrNO/c1-3-13(4-2)17(11-10-15(18)12-16)14-8-6-5-7-9-14/h5-9,13H,3-4,10-12H2,1-2H3. The first-order valence-electron chi connectivity index (χ1n) is 6.62. The van der Waals surface area contributed by atoms with E-state index in [0.717, 1.165) is 19.4 Å². The first kappa shape index (κ1) is 15.2. The number of halogens is 1. The van der Waals surface area contributed by atoms with Gasteiger partial charge in [0.1, 0.15) is 5.78 Å². The summed E-state index contributed by atoms with van der Waals surface area (Å²) in [5, 5.41) is 0.457. The van der Waals surface area contributed by atoms with E-state index in [9.17, 15) is 4.79 Å². The Morgan fingerprint density at radius 3 is 2.33 bits per heavy atom. The number of benzene rings is 1. The molecule has 0 saturated heterocycles. The maximum Gasteiger partial charge on any atom is 0.145 e. The average Bonchev–Trinajstić information content (AvgIpc) is 2.44. The topological polar surface area (TPSA) is 20.3 Å². The van der Waals surface area contributed by atoms with Crippen molar-refractivity contribution in [1.82, 2.24) is 0 Å². The molecule has 0 aliphatic heterocycles. The van der Waals surface area contributed by atoms with Crippen LogP contribution in [-0.4, -0.2) is 23.7 Å². The largest absolute Gasteiger partial charge is 0.368 e. The molecular weight excluding hydrogens is 290 g/mol. The second-order valence-corrected chi connectivity index (χ2v) is 4.98. The number of carbonyl (C=O) groups is 1. The van der Waals surface area contributed by atoms with Crippen molar-refractivity contribution in [3.05, 3.63) is 30.3 Å². The van der Waals surface area contributed by atoms with Gasteiger partial charge in [-0.3, -0.25) is 4.79 Å². The van der Waals surface area contributed by atoms with E-state index in [1.165, 1.54) is 5.69 Å². The lowest BCUT2D eigenvalue weighted by Crippen LogP contribution is -2.36. The summed E-state index contributed by atoms with van der Waals surface area (Å²) < 4.78 is 0. The molecule has 0 unspecified atom stereocenters. The summed E-state index contributed by atoms with van der Waals surface area (Å²) in [6.45, 7) is 5.22. The highest BCUT2D eigenvalue weighted by Crippen LogP contribution is 2.20. The summed E-state index contributed by atoms with van der Waals surface area (Å²) in [6, 6.07) is 10.9. The van der Waals surface area contributed by atoms with E-state index in [0.29, 0.717) is 17.8 Å². The first-order chi connectivity index (χ1) is 8.72. The van der Waals surface area contributed by atoms with Crippen molar-refractivity contribution in [2.75, 3.05) is 16.8 Å². The van der Waals surface area contributed by atoms with Gasteiger partial charge in [-0.2, -0.15) is 0 Å². The molecule has 1 rings (SSSR count). The summed E-state index contributed by atoms with van der Waals surface area (Å²) in [7, 11) is 0. The lowest BCUT2D eigenvalue weighted by atomic mass is 10.1. The summed E-state index contributed by atoms with van der Waals surface area (Å²) >= 11 is 3.22.